The van der Waals surface area contributed by atoms with Crippen LogP contribution in [0.4, 0.5) is 10.5 Å². The number of aromatic amines is 1. The van der Waals surface area contributed by atoms with E-state index in [1.165, 1.54) is 0 Å². The van der Waals surface area contributed by atoms with Crippen molar-refractivity contribution in [1.29, 1.82) is 0 Å². The van der Waals surface area contributed by atoms with E-state index in [1.807, 2.05) is 23.1 Å². The molecule has 0 saturated carbocycles. The van der Waals surface area contributed by atoms with Crippen molar-refractivity contribution in [1.82, 2.24) is 25.5 Å². The van der Waals surface area contributed by atoms with E-state index in [9.17, 15) is 9.59 Å². The van der Waals surface area contributed by atoms with Gasteiger partial charge in [0.05, 0.1) is 60.4 Å². The van der Waals surface area contributed by atoms with Gasteiger partial charge < -0.3 is 25.0 Å². The van der Waals surface area contributed by atoms with Crippen molar-refractivity contribution in [3.05, 3.63) is 52.9 Å². The number of anilines is 1. The summed E-state index contributed by atoms with van der Waals surface area (Å²) in [6.45, 7) is 4.40. The van der Waals surface area contributed by atoms with E-state index >= 15 is 0 Å². The van der Waals surface area contributed by atoms with Gasteiger partial charge in [-0.3, -0.25) is 20.2 Å². The third-order valence-corrected chi connectivity index (χ3v) is 7.02. The minimum absolute atomic E-state index is 0.0323. The molecule has 2 heterocycles. The molecule has 39 heavy (non-hydrogen) atoms. The topological polar surface area (TPSA) is 152 Å². The highest BCUT2D eigenvalue weighted by atomic mass is 16.5. The molecule has 2 aromatic rings. The molecule has 3 aliphatic rings. The number of benzene rings is 1. The van der Waals surface area contributed by atoms with Crippen molar-refractivity contribution < 1.29 is 29.3 Å². The summed E-state index contributed by atoms with van der Waals surface area (Å²) in [5.41, 5.74) is 7.13. The minimum Gasteiger partial charge on any atom is -0.497 e. The van der Waals surface area contributed by atoms with Gasteiger partial charge >= 0.3 is 6.03 Å². The first-order valence-electron chi connectivity index (χ1n) is 13.2. The lowest BCUT2D eigenvalue weighted by molar-refractivity contribution is 0.0207. The summed E-state index contributed by atoms with van der Waals surface area (Å²) < 4.78 is 11.2. The van der Waals surface area contributed by atoms with Crippen LogP contribution in [-0.2, 0) is 9.47 Å². The molecular formula is C27H34N6O6. The number of nitrogens with one attached hydrogen (secondary N) is 3. The van der Waals surface area contributed by atoms with Crippen molar-refractivity contribution in [3.63, 3.8) is 0 Å². The second kappa shape index (κ2) is 12.5. The van der Waals surface area contributed by atoms with E-state index in [-0.39, 0.29) is 19.0 Å². The van der Waals surface area contributed by atoms with E-state index in [1.54, 1.807) is 17.1 Å². The van der Waals surface area contributed by atoms with Gasteiger partial charge in [-0.05, 0) is 24.1 Å². The van der Waals surface area contributed by atoms with E-state index in [0.717, 1.165) is 11.3 Å². The summed E-state index contributed by atoms with van der Waals surface area (Å²) in [6.07, 6.45) is 5.16. The van der Waals surface area contributed by atoms with Gasteiger partial charge in [0, 0.05) is 44.7 Å². The van der Waals surface area contributed by atoms with Crippen molar-refractivity contribution in [2.75, 3.05) is 71.1 Å². The molecular weight excluding hydrogens is 504 g/mol. The first kappa shape index (κ1) is 27.0. The zero-order chi connectivity index (χ0) is 27.2. The van der Waals surface area contributed by atoms with E-state index in [0.29, 0.717) is 99.2 Å². The zero-order valence-electron chi connectivity index (χ0n) is 21.7. The number of carbonyl (C=O) groups is 2. The number of morpholine rings is 1. The van der Waals surface area contributed by atoms with E-state index in [2.05, 4.69) is 20.9 Å². The van der Waals surface area contributed by atoms with Gasteiger partial charge in [-0.15, -0.1) is 0 Å². The van der Waals surface area contributed by atoms with Crippen LogP contribution >= 0.6 is 0 Å². The predicted molar refractivity (Wildman–Crippen MR) is 144 cm³/mol. The van der Waals surface area contributed by atoms with Crippen LogP contribution < -0.4 is 10.7 Å². The second-order valence-corrected chi connectivity index (χ2v) is 9.51. The molecule has 0 unspecified atom stereocenters. The van der Waals surface area contributed by atoms with Crippen LogP contribution in [0.2, 0.25) is 0 Å². The predicted octanol–water partition coefficient (Wildman–Crippen LogP) is 1.35. The first-order valence-corrected chi connectivity index (χ1v) is 13.2. The second-order valence-electron chi connectivity index (χ2n) is 9.51. The highest BCUT2D eigenvalue weighted by molar-refractivity contribution is 6.26. The molecule has 1 aromatic carbocycles. The van der Waals surface area contributed by atoms with Gasteiger partial charge in [0.15, 0.2) is 5.78 Å². The Balaban J connectivity index is 1.26. The molecule has 1 saturated heterocycles. The molecule has 1 aliphatic heterocycles. The standard InChI is InChI=1S/C27H34N6O6/c34-13-8-32(9-14-35)10-17-39-19-6-4-18(5-7-19)24-23-25(30-29-24)20-2-1-3-21(22(20)26(23)36)28-27(37)31-33-11-15-38-16-12-33/h1-4,6,34-35H,5,7-17H2,(H,29,30)(H2,28,31,37). The maximum Gasteiger partial charge on any atom is 0.333 e. The van der Waals surface area contributed by atoms with Gasteiger partial charge in [-0.25, -0.2) is 9.80 Å². The molecule has 12 heteroatoms. The fraction of sp³-hybridized carbons (Fsp3) is 0.444. The number of amides is 2. The van der Waals surface area contributed by atoms with Crippen LogP contribution in [0.25, 0.3) is 16.8 Å². The number of aliphatic hydroxyl groups is 2. The number of nitrogens with zero attached hydrogens (tertiary/aromatic N) is 3. The van der Waals surface area contributed by atoms with Crippen molar-refractivity contribution in [3.8, 4) is 11.3 Å². The number of fused-ring (bicyclic) bond motifs is 3. The lowest BCUT2D eigenvalue weighted by Crippen LogP contribution is -2.49. The van der Waals surface area contributed by atoms with Gasteiger partial charge in [-0.2, -0.15) is 5.10 Å². The average molecular weight is 539 g/mol. The molecule has 0 bridgehead atoms. The summed E-state index contributed by atoms with van der Waals surface area (Å²) in [5.74, 6) is 0.664. The summed E-state index contributed by atoms with van der Waals surface area (Å²) >= 11 is 0. The number of aliphatic hydroxyl groups excluding tert-OH is 2. The number of carbonyl (C=O) groups excluding carboxylic acids is 2. The Morgan fingerprint density at radius 3 is 2.62 bits per heavy atom. The van der Waals surface area contributed by atoms with Gasteiger partial charge in [-0.1, -0.05) is 18.2 Å². The van der Waals surface area contributed by atoms with Crippen molar-refractivity contribution in [2.24, 2.45) is 0 Å². The molecule has 12 nitrogen and oxygen atoms in total. The minimum atomic E-state index is -0.407. The van der Waals surface area contributed by atoms with Gasteiger partial charge in [0.25, 0.3) is 0 Å². The monoisotopic (exact) mass is 538 g/mol. The Labute approximate surface area is 226 Å². The van der Waals surface area contributed by atoms with Crippen LogP contribution in [0.15, 0.2) is 36.1 Å². The van der Waals surface area contributed by atoms with Crippen molar-refractivity contribution >= 4 is 23.1 Å². The highest BCUT2D eigenvalue weighted by Crippen LogP contribution is 2.43. The van der Waals surface area contributed by atoms with Crippen LogP contribution in [0.3, 0.4) is 0 Å². The lowest BCUT2D eigenvalue weighted by atomic mass is 9.96. The van der Waals surface area contributed by atoms with Crippen LogP contribution in [0, 0.1) is 0 Å². The number of aromatic nitrogens is 2. The molecule has 1 aromatic heterocycles. The number of H-pyrrole nitrogens is 1. The largest absolute Gasteiger partial charge is 0.497 e. The Morgan fingerprint density at radius 2 is 1.90 bits per heavy atom. The average Bonchev–Trinajstić information content (AvgIpc) is 3.50. The number of hydrogen-bond donors (Lipinski definition) is 5. The fourth-order valence-corrected chi connectivity index (χ4v) is 5.05. The molecule has 0 spiro atoms. The maximum atomic E-state index is 13.6. The molecule has 2 aliphatic carbocycles. The highest BCUT2D eigenvalue weighted by Gasteiger charge is 2.35. The Morgan fingerprint density at radius 1 is 1.10 bits per heavy atom. The maximum absolute atomic E-state index is 13.6. The Bertz CT molecular complexity index is 1260. The van der Waals surface area contributed by atoms with Crippen LogP contribution in [-0.4, -0.2) is 108 Å². The van der Waals surface area contributed by atoms with Gasteiger partial charge in [0.2, 0.25) is 0 Å². The lowest BCUT2D eigenvalue weighted by Gasteiger charge is -2.27. The molecule has 208 valence electrons. The van der Waals surface area contributed by atoms with Crippen LogP contribution in [0.5, 0.6) is 0 Å². The normalized spacial score (nSPS) is 16.9. The summed E-state index contributed by atoms with van der Waals surface area (Å²) in [5, 5.41) is 30.4. The molecule has 5 N–H and O–H groups in total. The number of allylic oxidation sites excluding steroid dienone is 4. The first-order chi connectivity index (χ1) is 19.1. The quantitative estimate of drug-likeness (QED) is 0.244. The molecule has 0 atom stereocenters. The molecule has 2 amide bonds. The zero-order valence-corrected chi connectivity index (χ0v) is 21.7. The number of ether oxygens (including phenoxy) is 2. The number of urea groups is 1. The number of ketones is 1. The van der Waals surface area contributed by atoms with E-state index in [4.69, 9.17) is 19.7 Å². The number of hydrogen-bond acceptors (Lipinski definition) is 9. The van der Waals surface area contributed by atoms with E-state index < -0.39 is 6.03 Å². The van der Waals surface area contributed by atoms with Crippen molar-refractivity contribution in [2.45, 2.75) is 12.8 Å². The van der Waals surface area contributed by atoms with Gasteiger partial charge in [0.1, 0.15) is 6.61 Å². The third kappa shape index (κ3) is 6.05. The molecule has 1 fully saturated rings. The molecule has 5 rings (SSSR count). The van der Waals surface area contributed by atoms with Crippen LogP contribution in [0.1, 0.15) is 34.5 Å². The Kier molecular flexibility index (Phi) is 8.69. The summed E-state index contributed by atoms with van der Waals surface area (Å²) in [7, 11) is 0. The fourth-order valence-electron chi connectivity index (χ4n) is 5.05. The SMILES string of the molecule is O=C(Nc1cccc2c1C(=O)c1c(C3=CC=C(OCCN(CCO)CCO)CC3)n[nH]c1-2)NN1CCOCC1. The third-order valence-electron chi connectivity index (χ3n) is 7.02. The number of rotatable bonds is 11. The molecule has 0 radical (unpaired) electrons. The number of hydrazine groups is 1. The Hall–Kier alpha value is -3.55. The summed E-state index contributed by atoms with van der Waals surface area (Å²) in [4.78, 5) is 28.2. The smallest absolute Gasteiger partial charge is 0.333 e. The summed E-state index contributed by atoms with van der Waals surface area (Å²) in [6, 6.07) is 4.98.